The van der Waals surface area contributed by atoms with Crippen molar-refractivity contribution < 1.29 is 14.3 Å². The van der Waals surface area contributed by atoms with Crippen LogP contribution < -0.4 is 10.1 Å². The van der Waals surface area contributed by atoms with Gasteiger partial charge in [-0.3, -0.25) is 9.59 Å². The summed E-state index contributed by atoms with van der Waals surface area (Å²) in [6, 6.07) is 12.5. The lowest BCUT2D eigenvalue weighted by Gasteiger charge is -2.30. The Balaban J connectivity index is 1.76. The molecule has 2 amide bonds. The predicted octanol–water partition coefficient (Wildman–Crippen LogP) is 4.13. The molecule has 2 aromatic carbocycles. The maximum atomic E-state index is 12.8. The SMILES string of the molecule is COc1ccc(C)cc1NC(=O)c1cccc(C(=O)N2CCC(C)CC2)c1. The number of nitrogens with one attached hydrogen (secondary N) is 1. The van der Waals surface area contributed by atoms with Crippen LogP contribution in [0.5, 0.6) is 5.75 Å². The zero-order chi connectivity index (χ0) is 19.4. The molecule has 0 atom stereocenters. The van der Waals surface area contributed by atoms with Gasteiger partial charge in [0.15, 0.2) is 0 Å². The average Bonchev–Trinajstić information content (AvgIpc) is 2.68. The summed E-state index contributed by atoms with van der Waals surface area (Å²) in [5.41, 5.74) is 2.64. The van der Waals surface area contributed by atoms with Crippen molar-refractivity contribution in [1.82, 2.24) is 4.90 Å². The molecule has 0 unspecified atom stereocenters. The number of methoxy groups -OCH3 is 1. The summed E-state index contributed by atoms with van der Waals surface area (Å²) in [5, 5.41) is 2.88. The predicted molar refractivity (Wildman–Crippen MR) is 106 cm³/mol. The molecule has 5 heteroatoms. The number of piperidine rings is 1. The topological polar surface area (TPSA) is 58.6 Å². The van der Waals surface area contributed by atoms with E-state index in [1.807, 2.05) is 30.0 Å². The van der Waals surface area contributed by atoms with Crippen molar-refractivity contribution in [2.24, 2.45) is 5.92 Å². The van der Waals surface area contributed by atoms with Gasteiger partial charge in [-0.2, -0.15) is 0 Å². The second-order valence-electron chi connectivity index (χ2n) is 7.21. The molecular weight excluding hydrogens is 340 g/mol. The molecule has 0 aromatic heterocycles. The summed E-state index contributed by atoms with van der Waals surface area (Å²) in [6.45, 7) is 5.72. The minimum absolute atomic E-state index is 0.00955. The van der Waals surface area contributed by atoms with Crippen molar-refractivity contribution in [2.75, 3.05) is 25.5 Å². The van der Waals surface area contributed by atoms with Crippen molar-refractivity contribution in [2.45, 2.75) is 26.7 Å². The van der Waals surface area contributed by atoms with Gasteiger partial charge in [0.2, 0.25) is 0 Å². The highest BCUT2D eigenvalue weighted by molar-refractivity contribution is 6.06. The highest BCUT2D eigenvalue weighted by atomic mass is 16.5. The third kappa shape index (κ3) is 4.48. The number of rotatable bonds is 4. The first-order chi connectivity index (χ1) is 13.0. The minimum Gasteiger partial charge on any atom is -0.495 e. The molecule has 27 heavy (non-hydrogen) atoms. The maximum Gasteiger partial charge on any atom is 0.255 e. The van der Waals surface area contributed by atoms with Crippen LogP contribution in [0, 0.1) is 12.8 Å². The van der Waals surface area contributed by atoms with Gasteiger partial charge in [0.05, 0.1) is 12.8 Å². The Hall–Kier alpha value is -2.82. The van der Waals surface area contributed by atoms with Crippen LogP contribution in [0.25, 0.3) is 0 Å². The van der Waals surface area contributed by atoms with Crippen molar-refractivity contribution in [3.8, 4) is 5.75 Å². The first-order valence-electron chi connectivity index (χ1n) is 9.33. The molecule has 0 aliphatic carbocycles. The number of nitrogens with zero attached hydrogens (tertiary/aromatic N) is 1. The number of benzene rings is 2. The Morgan fingerprint density at radius 3 is 2.48 bits per heavy atom. The molecule has 142 valence electrons. The highest BCUT2D eigenvalue weighted by Gasteiger charge is 2.22. The van der Waals surface area contributed by atoms with Gasteiger partial charge in [-0.05, 0) is 61.6 Å². The monoisotopic (exact) mass is 366 g/mol. The van der Waals surface area contributed by atoms with Crippen molar-refractivity contribution in [1.29, 1.82) is 0 Å². The van der Waals surface area contributed by atoms with E-state index in [2.05, 4.69) is 12.2 Å². The molecule has 1 heterocycles. The Labute approximate surface area is 160 Å². The molecule has 1 aliphatic heterocycles. The molecule has 5 nitrogen and oxygen atoms in total. The minimum atomic E-state index is -0.263. The number of carbonyl (C=O) groups excluding carboxylic acids is 2. The number of hydrogen-bond donors (Lipinski definition) is 1. The number of likely N-dealkylation sites (tertiary alicyclic amines) is 1. The van der Waals surface area contributed by atoms with E-state index in [9.17, 15) is 9.59 Å². The third-order valence-electron chi connectivity index (χ3n) is 5.05. The Bertz CT molecular complexity index is 839. The summed E-state index contributed by atoms with van der Waals surface area (Å²) in [6.07, 6.45) is 2.05. The van der Waals surface area contributed by atoms with Crippen LogP contribution >= 0.6 is 0 Å². The normalized spacial score (nSPS) is 14.7. The fraction of sp³-hybridized carbons (Fsp3) is 0.364. The van der Waals surface area contributed by atoms with Crippen LogP contribution in [-0.2, 0) is 0 Å². The van der Waals surface area contributed by atoms with Crippen LogP contribution in [0.4, 0.5) is 5.69 Å². The molecule has 0 radical (unpaired) electrons. The largest absolute Gasteiger partial charge is 0.495 e. The van der Waals surface area contributed by atoms with E-state index >= 15 is 0 Å². The summed E-state index contributed by atoms with van der Waals surface area (Å²) >= 11 is 0. The summed E-state index contributed by atoms with van der Waals surface area (Å²) in [4.78, 5) is 27.3. The fourth-order valence-electron chi connectivity index (χ4n) is 3.30. The van der Waals surface area contributed by atoms with Gasteiger partial charge in [0.1, 0.15) is 5.75 Å². The van der Waals surface area contributed by atoms with Gasteiger partial charge in [0.25, 0.3) is 11.8 Å². The molecule has 1 N–H and O–H groups in total. The summed E-state index contributed by atoms with van der Waals surface area (Å²) in [7, 11) is 1.57. The van der Waals surface area contributed by atoms with Crippen molar-refractivity contribution in [3.63, 3.8) is 0 Å². The zero-order valence-electron chi connectivity index (χ0n) is 16.1. The molecule has 1 aliphatic rings. The lowest BCUT2D eigenvalue weighted by atomic mass is 9.98. The second kappa shape index (κ2) is 8.25. The number of anilines is 1. The van der Waals surface area contributed by atoms with Crippen LogP contribution in [-0.4, -0.2) is 36.9 Å². The van der Waals surface area contributed by atoms with Crippen LogP contribution in [0.3, 0.4) is 0 Å². The zero-order valence-corrected chi connectivity index (χ0v) is 16.1. The molecule has 1 fully saturated rings. The van der Waals surface area contributed by atoms with Gasteiger partial charge in [-0.25, -0.2) is 0 Å². The lowest BCUT2D eigenvalue weighted by Crippen LogP contribution is -2.38. The van der Waals surface area contributed by atoms with Crippen molar-refractivity contribution >= 4 is 17.5 Å². The fourth-order valence-corrected chi connectivity index (χ4v) is 3.30. The molecular formula is C22H26N2O3. The van der Waals surface area contributed by atoms with Crippen LogP contribution in [0.2, 0.25) is 0 Å². The molecule has 1 saturated heterocycles. The standard InChI is InChI=1S/C22H26N2O3/c1-15-9-11-24(12-10-15)22(26)18-6-4-5-17(14-18)21(25)23-19-13-16(2)7-8-20(19)27-3/h4-8,13-15H,9-12H2,1-3H3,(H,23,25). The Morgan fingerprint density at radius 2 is 1.78 bits per heavy atom. The van der Waals surface area contributed by atoms with Crippen LogP contribution in [0.1, 0.15) is 46.0 Å². The quantitative estimate of drug-likeness (QED) is 0.885. The number of carbonyl (C=O) groups is 2. The molecule has 0 spiro atoms. The molecule has 2 aromatic rings. The van der Waals surface area contributed by atoms with Crippen LogP contribution in [0.15, 0.2) is 42.5 Å². The van der Waals surface area contributed by atoms with Gasteiger partial charge < -0.3 is 15.0 Å². The van der Waals surface area contributed by atoms with Crippen molar-refractivity contribution in [3.05, 3.63) is 59.2 Å². The van der Waals surface area contributed by atoms with E-state index in [0.717, 1.165) is 31.5 Å². The average molecular weight is 366 g/mol. The van der Waals surface area contributed by atoms with E-state index in [0.29, 0.717) is 28.5 Å². The Morgan fingerprint density at radius 1 is 1.07 bits per heavy atom. The van der Waals surface area contributed by atoms with Gasteiger partial charge in [-0.1, -0.05) is 19.1 Å². The molecule has 3 rings (SSSR count). The lowest BCUT2D eigenvalue weighted by molar-refractivity contribution is 0.0697. The van der Waals surface area contributed by atoms with E-state index in [-0.39, 0.29) is 11.8 Å². The molecule has 0 saturated carbocycles. The van der Waals surface area contributed by atoms with E-state index in [4.69, 9.17) is 4.74 Å². The number of aryl methyl sites for hydroxylation is 1. The Kier molecular flexibility index (Phi) is 5.79. The van der Waals surface area contributed by atoms with Gasteiger partial charge >= 0.3 is 0 Å². The maximum absolute atomic E-state index is 12.8. The number of hydrogen-bond acceptors (Lipinski definition) is 3. The van der Waals surface area contributed by atoms with Gasteiger partial charge in [-0.15, -0.1) is 0 Å². The van der Waals surface area contributed by atoms with E-state index in [1.54, 1.807) is 31.4 Å². The van der Waals surface area contributed by atoms with E-state index in [1.165, 1.54) is 0 Å². The van der Waals surface area contributed by atoms with Gasteiger partial charge in [0, 0.05) is 24.2 Å². The highest BCUT2D eigenvalue weighted by Crippen LogP contribution is 2.26. The summed E-state index contributed by atoms with van der Waals surface area (Å²) < 4.78 is 5.31. The van der Waals surface area contributed by atoms with E-state index < -0.39 is 0 Å². The second-order valence-corrected chi connectivity index (χ2v) is 7.21. The number of amides is 2. The first-order valence-corrected chi connectivity index (χ1v) is 9.33. The third-order valence-corrected chi connectivity index (χ3v) is 5.05. The summed E-state index contributed by atoms with van der Waals surface area (Å²) in [5.74, 6) is 0.990. The smallest absolute Gasteiger partial charge is 0.255 e. The molecule has 0 bridgehead atoms. The number of ether oxygens (including phenoxy) is 1. The first kappa shape index (κ1) is 19.0.